The molecule has 1 rings (SSSR count). The SMILES string of the molecule is N#CCC(N)CC1CC1. The van der Waals surface area contributed by atoms with E-state index in [1.165, 1.54) is 12.8 Å². The van der Waals surface area contributed by atoms with Gasteiger partial charge in [-0.15, -0.1) is 0 Å². The Bertz CT molecular complexity index is 121. The smallest absolute Gasteiger partial charge is 0.0638 e. The number of nitrogens with two attached hydrogens (primary N) is 1. The van der Waals surface area contributed by atoms with E-state index in [2.05, 4.69) is 6.07 Å². The fourth-order valence-electron chi connectivity index (χ4n) is 0.982. The van der Waals surface area contributed by atoms with Crippen molar-refractivity contribution in [3.63, 3.8) is 0 Å². The largest absolute Gasteiger partial charge is 0.327 e. The lowest BCUT2D eigenvalue weighted by Gasteiger charge is -2.03. The van der Waals surface area contributed by atoms with Crippen LogP contribution in [-0.2, 0) is 0 Å². The van der Waals surface area contributed by atoms with Crippen LogP contribution in [0.3, 0.4) is 0 Å². The standard InChI is InChI=1S/C7H12N2/c8-4-3-7(9)5-6-1-2-6/h6-7H,1-3,5,9H2. The molecule has 2 heteroatoms. The second kappa shape index (κ2) is 2.84. The van der Waals surface area contributed by atoms with Crippen molar-refractivity contribution in [3.05, 3.63) is 0 Å². The molecule has 0 spiro atoms. The number of hydrogen-bond acceptors (Lipinski definition) is 2. The highest BCUT2D eigenvalue weighted by Crippen LogP contribution is 2.33. The highest BCUT2D eigenvalue weighted by Gasteiger charge is 2.23. The lowest BCUT2D eigenvalue weighted by Crippen LogP contribution is -2.19. The Labute approximate surface area is 55.7 Å². The third kappa shape index (κ3) is 2.48. The third-order valence-electron chi connectivity index (χ3n) is 1.69. The predicted molar refractivity (Wildman–Crippen MR) is 35.5 cm³/mol. The van der Waals surface area contributed by atoms with Crippen molar-refractivity contribution in [2.45, 2.75) is 31.7 Å². The molecule has 2 nitrogen and oxygen atoms in total. The summed E-state index contributed by atoms with van der Waals surface area (Å²) in [6, 6.07) is 2.22. The summed E-state index contributed by atoms with van der Waals surface area (Å²) in [5, 5.41) is 8.24. The molecule has 1 aliphatic carbocycles. The molecule has 1 atom stereocenters. The molecule has 1 saturated carbocycles. The summed E-state index contributed by atoms with van der Waals surface area (Å²) in [5.41, 5.74) is 5.60. The third-order valence-corrected chi connectivity index (χ3v) is 1.69. The molecule has 0 aromatic heterocycles. The van der Waals surface area contributed by atoms with Gasteiger partial charge in [0.1, 0.15) is 0 Å². The first-order valence-corrected chi connectivity index (χ1v) is 3.45. The van der Waals surface area contributed by atoms with E-state index in [0.29, 0.717) is 6.42 Å². The van der Waals surface area contributed by atoms with Crippen LogP contribution < -0.4 is 5.73 Å². The van der Waals surface area contributed by atoms with Crippen molar-refractivity contribution in [1.82, 2.24) is 0 Å². The highest BCUT2D eigenvalue weighted by atomic mass is 14.6. The number of nitriles is 1. The zero-order valence-electron chi connectivity index (χ0n) is 5.51. The Balaban J connectivity index is 2.03. The molecule has 0 heterocycles. The molecule has 0 bridgehead atoms. The molecule has 0 amide bonds. The summed E-state index contributed by atoms with van der Waals surface area (Å²) in [5.74, 6) is 0.855. The fraction of sp³-hybridized carbons (Fsp3) is 0.857. The summed E-state index contributed by atoms with van der Waals surface area (Å²) in [4.78, 5) is 0. The number of hydrogen-bond donors (Lipinski definition) is 1. The molecule has 0 aromatic rings. The normalized spacial score (nSPS) is 20.9. The van der Waals surface area contributed by atoms with E-state index < -0.39 is 0 Å². The zero-order chi connectivity index (χ0) is 6.69. The Kier molecular flexibility index (Phi) is 2.07. The summed E-state index contributed by atoms with van der Waals surface area (Å²) >= 11 is 0. The Morgan fingerprint density at radius 2 is 2.33 bits per heavy atom. The second-order valence-corrected chi connectivity index (χ2v) is 2.80. The van der Waals surface area contributed by atoms with Gasteiger partial charge >= 0.3 is 0 Å². The van der Waals surface area contributed by atoms with Crippen LogP contribution in [0.2, 0.25) is 0 Å². The molecule has 0 radical (unpaired) electrons. The first kappa shape index (κ1) is 6.57. The van der Waals surface area contributed by atoms with Crippen molar-refractivity contribution in [2.75, 3.05) is 0 Å². The van der Waals surface area contributed by atoms with Gasteiger partial charge in [-0.2, -0.15) is 5.26 Å². The van der Waals surface area contributed by atoms with Crippen LogP contribution in [0.4, 0.5) is 0 Å². The molecule has 0 saturated heterocycles. The molecule has 0 aromatic carbocycles. The van der Waals surface area contributed by atoms with Gasteiger partial charge < -0.3 is 5.73 Å². The summed E-state index contributed by atoms with van der Waals surface area (Å²) in [7, 11) is 0. The van der Waals surface area contributed by atoms with Gasteiger partial charge in [-0.25, -0.2) is 0 Å². The molecule has 1 unspecified atom stereocenters. The monoisotopic (exact) mass is 124 g/mol. The first-order chi connectivity index (χ1) is 4.33. The molecular weight excluding hydrogens is 112 g/mol. The molecule has 50 valence electrons. The maximum atomic E-state index is 8.24. The van der Waals surface area contributed by atoms with Gasteiger partial charge in [0.25, 0.3) is 0 Å². The van der Waals surface area contributed by atoms with Crippen LogP contribution >= 0.6 is 0 Å². The molecule has 9 heavy (non-hydrogen) atoms. The maximum absolute atomic E-state index is 8.24. The Morgan fingerprint density at radius 3 is 2.78 bits per heavy atom. The van der Waals surface area contributed by atoms with Crippen LogP contribution in [0.1, 0.15) is 25.7 Å². The minimum absolute atomic E-state index is 0.141. The highest BCUT2D eigenvalue weighted by molar-refractivity contribution is 4.84. The van der Waals surface area contributed by atoms with E-state index >= 15 is 0 Å². The molecule has 2 N–H and O–H groups in total. The summed E-state index contributed by atoms with van der Waals surface area (Å²) < 4.78 is 0. The summed E-state index contributed by atoms with van der Waals surface area (Å²) in [6.07, 6.45) is 4.25. The number of nitrogens with zero attached hydrogens (tertiary/aromatic N) is 1. The predicted octanol–water partition coefficient (Wildman–Crippen LogP) is 1.03. The molecule has 0 aliphatic heterocycles. The van der Waals surface area contributed by atoms with Crippen LogP contribution in [0.25, 0.3) is 0 Å². The van der Waals surface area contributed by atoms with Crippen molar-refractivity contribution in [2.24, 2.45) is 11.7 Å². The van der Waals surface area contributed by atoms with E-state index in [1.807, 2.05) is 0 Å². The minimum Gasteiger partial charge on any atom is -0.327 e. The van der Waals surface area contributed by atoms with Crippen LogP contribution in [0.5, 0.6) is 0 Å². The van der Waals surface area contributed by atoms with E-state index in [9.17, 15) is 0 Å². The molecule has 1 aliphatic rings. The second-order valence-electron chi connectivity index (χ2n) is 2.80. The average Bonchev–Trinajstić information content (AvgIpc) is 2.50. The van der Waals surface area contributed by atoms with Gasteiger partial charge in [-0.1, -0.05) is 12.8 Å². The topological polar surface area (TPSA) is 49.8 Å². The van der Waals surface area contributed by atoms with E-state index in [-0.39, 0.29) is 6.04 Å². The maximum Gasteiger partial charge on any atom is 0.0638 e. The quantitative estimate of drug-likeness (QED) is 0.610. The average molecular weight is 124 g/mol. The van der Waals surface area contributed by atoms with Crippen molar-refractivity contribution in [3.8, 4) is 6.07 Å². The van der Waals surface area contributed by atoms with Crippen LogP contribution in [0, 0.1) is 17.2 Å². The lowest BCUT2D eigenvalue weighted by molar-refractivity contribution is 0.579. The van der Waals surface area contributed by atoms with Crippen molar-refractivity contribution in [1.29, 1.82) is 5.26 Å². The van der Waals surface area contributed by atoms with Crippen molar-refractivity contribution >= 4 is 0 Å². The molecular formula is C7H12N2. The Hall–Kier alpha value is -0.550. The van der Waals surface area contributed by atoms with Gasteiger partial charge in [0.05, 0.1) is 12.5 Å². The van der Waals surface area contributed by atoms with E-state index in [0.717, 1.165) is 12.3 Å². The van der Waals surface area contributed by atoms with Gasteiger partial charge in [0.15, 0.2) is 0 Å². The van der Waals surface area contributed by atoms with Gasteiger partial charge in [-0.3, -0.25) is 0 Å². The Morgan fingerprint density at radius 1 is 1.67 bits per heavy atom. The van der Waals surface area contributed by atoms with Crippen LogP contribution in [-0.4, -0.2) is 6.04 Å². The van der Waals surface area contributed by atoms with Gasteiger partial charge in [-0.05, 0) is 12.3 Å². The summed E-state index contributed by atoms with van der Waals surface area (Å²) in [6.45, 7) is 0. The minimum atomic E-state index is 0.141. The lowest BCUT2D eigenvalue weighted by atomic mass is 10.1. The molecule has 1 fully saturated rings. The first-order valence-electron chi connectivity index (χ1n) is 3.45. The fourth-order valence-corrected chi connectivity index (χ4v) is 0.982. The number of rotatable bonds is 3. The van der Waals surface area contributed by atoms with Gasteiger partial charge in [0, 0.05) is 6.04 Å². The van der Waals surface area contributed by atoms with Gasteiger partial charge in [0.2, 0.25) is 0 Å². The van der Waals surface area contributed by atoms with Crippen molar-refractivity contribution < 1.29 is 0 Å². The zero-order valence-corrected chi connectivity index (χ0v) is 5.51. The van der Waals surface area contributed by atoms with E-state index in [1.54, 1.807) is 0 Å². The van der Waals surface area contributed by atoms with Crippen LogP contribution in [0.15, 0.2) is 0 Å². The van der Waals surface area contributed by atoms with E-state index in [4.69, 9.17) is 11.0 Å².